The highest BCUT2D eigenvalue weighted by molar-refractivity contribution is 6.50. The van der Waals surface area contributed by atoms with Gasteiger partial charge in [0.05, 0.1) is 22.8 Å². The Hall–Kier alpha value is -4.66. The van der Waals surface area contributed by atoms with E-state index in [1.165, 1.54) is 6.42 Å². The number of nitrogens with zero attached hydrogens (tertiary/aromatic N) is 2. The van der Waals surface area contributed by atoms with Gasteiger partial charge in [0, 0.05) is 59.0 Å². The van der Waals surface area contributed by atoms with E-state index >= 15 is 0 Å². The minimum Gasteiger partial charge on any atom is -0.489 e. The summed E-state index contributed by atoms with van der Waals surface area (Å²) >= 11 is 0. The van der Waals surface area contributed by atoms with Crippen LogP contribution in [0, 0.1) is 0 Å². The summed E-state index contributed by atoms with van der Waals surface area (Å²) in [5, 5.41) is 15.4. The van der Waals surface area contributed by atoms with Crippen molar-refractivity contribution in [2.24, 2.45) is 0 Å². The summed E-state index contributed by atoms with van der Waals surface area (Å²) in [4.78, 5) is 32.2. The average Bonchev–Trinajstić information content (AvgIpc) is 3.69. The molecule has 2 aromatic heterocycles. The number of carbonyl (C=O) groups excluding carboxylic acids is 2. The van der Waals surface area contributed by atoms with Crippen LogP contribution in [-0.2, 0) is 22.7 Å². The normalized spacial score (nSPS) is 16.8. The second-order valence-corrected chi connectivity index (χ2v) is 11.4. The topological polar surface area (TPSA) is 99.6 Å². The van der Waals surface area contributed by atoms with Gasteiger partial charge in [0.25, 0.3) is 11.8 Å². The van der Waals surface area contributed by atoms with Crippen molar-refractivity contribution < 1.29 is 19.4 Å². The molecular formula is C35H34N4O4. The third-order valence-corrected chi connectivity index (χ3v) is 8.49. The molecule has 0 saturated carbocycles. The highest BCUT2D eigenvalue weighted by Crippen LogP contribution is 2.39. The first kappa shape index (κ1) is 27.2. The number of aliphatic hydroxyl groups is 1. The molecule has 0 aliphatic carbocycles. The predicted octanol–water partition coefficient (Wildman–Crippen LogP) is 5.12. The summed E-state index contributed by atoms with van der Waals surface area (Å²) in [5.74, 6) is -0.160. The van der Waals surface area contributed by atoms with Crippen LogP contribution in [0.1, 0.15) is 36.0 Å². The Balaban J connectivity index is 1.31. The van der Waals surface area contributed by atoms with E-state index < -0.39 is 17.9 Å². The van der Waals surface area contributed by atoms with Gasteiger partial charge in [0.1, 0.15) is 12.4 Å². The first-order valence-corrected chi connectivity index (χ1v) is 14.9. The van der Waals surface area contributed by atoms with Crippen molar-refractivity contribution in [1.82, 2.24) is 19.8 Å². The number of aromatic amines is 1. The van der Waals surface area contributed by atoms with Crippen molar-refractivity contribution in [2.45, 2.75) is 38.5 Å². The van der Waals surface area contributed by atoms with E-state index in [-0.39, 0.29) is 0 Å². The number of para-hydroxylation sites is 1. The number of rotatable bonds is 9. The SMILES string of the molecule is O=C1NC(=O)C(c2cn(CC(O)CN3CCCCC3)c3cc(OCc4ccccc4)ccc23)=C1c1c[nH]c2ccccc12. The number of β-amino-alcohol motifs (C(OH)–C–C–N with tert-alkyl or cyclic N) is 1. The van der Waals surface area contributed by atoms with Crippen molar-refractivity contribution >= 4 is 44.8 Å². The van der Waals surface area contributed by atoms with Gasteiger partial charge in [-0.05, 0) is 49.7 Å². The molecule has 43 heavy (non-hydrogen) atoms. The summed E-state index contributed by atoms with van der Waals surface area (Å²) in [6.07, 6.45) is 6.62. The zero-order valence-electron chi connectivity index (χ0n) is 23.9. The highest BCUT2D eigenvalue weighted by atomic mass is 16.5. The molecule has 7 rings (SSSR count). The van der Waals surface area contributed by atoms with Crippen LogP contribution in [0.15, 0.2) is 85.2 Å². The Bertz CT molecular complexity index is 1850. The fraction of sp³-hybridized carbons (Fsp3) is 0.257. The monoisotopic (exact) mass is 574 g/mol. The van der Waals surface area contributed by atoms with Gasteiger partial charge in [-0.1, -0.05) is 55.0 Å². The standard InChI is InChI=1S/C35H34N4O4/c40-24(19-38-15-7-2-8-16-38)20-39-21-29(27-14-13-25(17-31(27)39)43-22-23-9-3-1-4-10-23)33-32(34(41)37-35(33)42)28-18-36-30-12-6-5-11-26(28)30/h1,3-6,9-14,17-18,21,24,36,40H,2,7-8,15-16,19-20,22H2,(H,37,41,42). The minimum atomic E-state index is -0.600. The van der Waals surface area contributed by atoms with E-state index in [1.54, 1.807) is 6.20 Å². The number of fused-ring (bicyclic) bond motifs is 2. The molecule has 0 bridgehead atoms. The van der Waals surface area contributed by atoms with Crippen LogP contribution < -0.4 is 10.1 Å². The van der Waals surface area contributed by atoms with Crippen molar-refractivity contribution in [2.75, 3.05) is 19.6 Å². The van der Waals surface area contributed by atoms with Gasteiger partial charge >= 0.3 is 0 Å². The van der Waals surface area contributed by atoms with Crippen molar-refractivity contribution in [3.63, 3.8) is 0 Å². The van der Waals surface area contributed by atoms with Crippen LogP contribution in [0.25, 0.3) is 33.0 Å². The van der Waals surface area contributed by atoms with E-state index in [0.717, 1.165) is 53.3 Å². The largest absolute Gasteiger partial charge is 0.489 e. The van der Waals surface area contributed by atoms with Crippen LogP contribution in [0.3, 0.4) is 0 Å². The van der Waals surface area contributed by atoms with Crippen molar-refractivity contribution in [1.29, 1.82) is 0 Å². The molecule has 0 radical (unpaired) electrons. The summed E-state index contributed by atoms with van der Waals surface area (Å²) in [6, 6.07) is 23.5. The molecule has 2 aliphatic heterocycles. The van der Waals surface area contributed by atoms with E-state index in [4.69, 9.17) is 4.74 Å². The Kier molecular flexibility index (Phi) is 7.30. The van der Waals surface area contributed by atoms with E-state index in [1.807, 2.05) is 83.6 Å². The molecule has 5 aromatic rings. The number of H-pyrrole nitrogens is 1. The second-order valence-electron chi connectivity index (χ2n) is 11.4. The predicted molar refractivity (Wildman–Crippen MR) is 167 cm³/mol. The van der Waals surface area contributed by atoms with Gasteiger partial charge in [0.2, 0.25) is 0 Å². The number of aromatic nitrogens is 2. The maximum absolute atomic E-state index is 13.4. The first-order valence-electron chi connectivity index (χ1n) is 14.9. The van der Waals surface area contributed by atoms with E-state index in [9.17, 15) is 14.7 Å². The maximum Gasteiger partial charge on any atom is 0.259 e. The number of aliphatic hydroxyl groups excluding tert-OH is 1. The van der Waals surface area contributed by atoms with Crippen LogP contribution in [-0.4, -0.2) is 57.1 Å². The number of likely N-dealkylation sites (tertiary alicyclic amines) is 1. The first-order chi connectivity index (χ1) is 21.0. The fourth-order valence-electron chi connectivity index (χ4n) is 6.43. The molecule has 3 N–H and O–H groups in total. The molecule has 8 nitrogen and oxygen atoms in total. The Morgan fingerprint density at radius 1 is 0.814 bits per heavy atom. The van der Waals surface area contributed by atoms with Gasteiger partial charge in [-0.25, -0.2) is 0 Å². The molecule has 1 saturated heterocycles. The molecule has 218 valence electrons. The number of nitrogens with one attached hydrogen (secondary N) is 2. The second kappa shape index (κ2) is 11.6. The van der Waals surface area contributed by atoms with Gasteiger partial charge in [-0.3, -0.25) is 14.9 Å². The number of amides is 2. The third-order valence-electron chi connectivity index (χ3n) is 8.49. The summed E-state index contributed by atoms with van der Waals surface area (Å²) in [6.45, 7) is 3.34. The van der Waals surface area contributed by atoms with Gasteiger partial charge in [-0.2, -0.15) is 0 Å². The summed E-state index contributed by atoms with van der Waals surface area (Å²) < 4.78 is 8.14. The Morgan fingerprint density at radius 2 is 1.56 bits per heavy atom. The number of carbonyl (C=O) groups is 2. The molecule has 1 atom stereocenters. The fourth-order valence-corrected chi connectivity index (χ4v) is 6.43. The molecule has 3 aromatic carbocycles. The number of imide groups is 1. The lowest BCUT2D eigenvalue weighted by atomic mass is 9.95. The van der Waals surface area contributed by atoms with Gasteiger partial charge < -0.3 is 24.3 Å². The van der Waals surface area contributed by atoms with Gasteiger partial charge in [-0.15, -0.1) is 0 Å². The van der Waals surface area contributed by atoms with Crippen LogP contribution in [0.5, 0.6) is 5.75 Å². The van der Waals surface area contributed by atoms with Crippen molar-refractivity contribution in [3.05, 3.63) is 102 Å². The number of ether oxygens (including phenoxy) is 1. The van der Waals surface area contributed by atoms with E-state index in [0.29, 0.717) is 47.7 Å². The Labute approximate surface area is 249 Å². The Morgan fingerprint density at radius 3 is 2.37 bits per heavy atom. The molecule has 2 aliphatic rings. The smallest absolute Gasteiger partial charge is 0.259 e. The third kappa shape index (κ3) is 5.35. The van der Waals surface area contributed by atoms with E-state index in [2.05, 4.69) is 15.2 Å². The average molecular weight is 575 g/mol. The summed E-state index contributed by atoms with van der Waals surface area (Å²) in [5.41, 5.74) is 4.80. The molecule has 8 heteroatoms. The minimum absolute atomic E-state index is 0.335. The highest BCUT2D eigenvalue weighted by Gasteiger charge is 2.35. The van der Waals surface area contributed by atoms with Crippen LogP contribution >= 0.6 is 0 Å². The van der Waals surface area contributed by atoms with Gasteiger partial charge in [0.15, 0.2) is 0 Å². The zero-order valence-corrected chi connectivity index (χ0v) is 23.9. The lowest BCUT2D eigenvalue weighted by Gasteiger charge is -2.28. The molecule has 2 amide bonds. The molecule has 0 spiro atoms. The van der Waals surface area contributed by atoms with Crippen LogP contribution in [0.2, 0.25) is 0 Å². The molecule has 4 heterocycles. The molecule has 1 unspecified atom stereocenters. The quantitative estimate of drug-likeness (QED) is 0.212. The number of piperidine rings is 1. The number of hydrogen-bond donors (Lipinski definition) is 3. The summed E-state index contributed by atoms with van der Waals surface area (Å²) in [7, 11) is 0. The molecular weight excluding hydrogens is 540 g/mol. The van der Waals surface area contributed by atoms with Crippen LogP contribution in [0.4, 0.5) is 0 Å². The van der Waals surface area contributed by atoms with Crippen molar-refractivity contribution in [3.8, 4) is 5.75 Å². The number of hydrogen-bond acceptors (Lipinski definition) is 5. The lowest BCUT2D eigenvalue weighted by molar-refractivity contribution is -0.122. The number of benzene rings is 3. The maximum atomic E-state index is 13.4. The zero-order chi connectivity index (χ0) is 29.3. The lowest BCUT2D eigenvalue weighted by Crippen LogP contribution is -2.37. The molecule has 1 fully saturated rings.